The molecule has 1 N–H and O–H groups in total. The molecular formula is C18H21F2N3O4. The predicted molar refractivity (Wildman–Crippen MR) is 91.8 cm³/mol. The van der Waals surface area contributed by atoms with Gasteiger partial charge in [0.25, 0.3) is 0 Å². The van der Waals surface area contributed by atoms with Crippen molar-refractivity contribution >= 4 is 23.6 Å². The molecule has 9 heteroatoms. The van der Waals surface area contributed by atoms with Crippen LogP contribution in [0.1, 0.15) is 13.3 Å². The summed E-state index contributed by atoms with van der Waals surface area (Å²) in [6.07, 6.45) is 0.000527. The van der Waals surface area contributed by atoms with Crippen molar-refractivity contribution < 1.29 is 27.9 Å². The summed E-state index contributed by atoms with van der Waals surface area (Å²) < 4.78 is 31.5. The van der Waals surface area contributed by atoms with Crippen molar-refractivity contribution in [3.63, 3.8) is 0 Å². The largest absolute Gasteiger partial charge is 0.450 e. The smallest absolute Gasteiger partial charge is 0.409 e. The number of piperazine rings is 1. The number of hydrogen-bond donors (Lipinski definition) is 1. The van der Waals surface area contributed by atoms with Crippen molar-refractivity contribution in [2.75, 3.05) is 38.1 Å². The van der Waals surface area contributed by atoms with E-state index in [-0.39, 0.29) is 11.6 Å². The number of nitrogens with one attached hydrogen (secondary N) is 1. The molecule has 1 saturated carbocycles. The Morgan fingerprint density at radius 3 is 2.41 bits per heavy atom. The fourth-order valence-electron chi connectivity index (χ4n) is 3.13. The van der Waals surface area contributed by atoms with Crippen LogP contribution in [0.2, 0.25) is 0 Å². The second-order valence-electron chi connectivity index (χ2n) is 6.57. The van der Waals surface area contributed by atoms with Gasteiger partial charge in [-0.2, -0.15) is 0 Å². The van der Waals surface area contributed by atoms with Crippen LogP contribution in [0.5, 0.6) is 0 Å². The van der Waals surface area contributed by atoms with E-state index in [9.17, 15) is 23.2 Å². The van der Waals surface area contributed by atoms with Gasteiger partial charge in [0.15, 0.2) is 0 Å². The van der Waals surface area contributed by atoms with Gasteiger partial charge >= 0.3 is 6.09 Å². The van der Waals surface area contributed by atoms with Crippen LogP contribution in [0.25, 0.3) is 0 Å². The summed E-state index contributed by atoms with van der Waals surface area (Å²) in [6.45, 7) is 3.56. The second kappa shape index (κ2) is 7.89. The number of rotatable bonds is 4. The average Bonchev–Trinajstić information content (AvgIpc) is 3.44. The Hall–Kier alpha value is -2.71. The number of anilines is 1. The Labute approximate surface area is 155 Å². The molecule has 3 amide bonds. The lowest BCUT2D eigenvalue weighted by Gasteiger charge is -2.34. The first-order valence-corrected chi connectivity index (χ1v) is 8.87. The van der Waals surface area contributed by atoms with Crippen LogP contribution in [0.4, 0.5) is 19.3 Å². The topological polar surface area (TPSA) is 79.0 Å². The average molecular weight is 381 g/mol. The highest BCUT2D eigenvalue weighted by molar-refractivity contribution is 5.99. The van der Waals surface area contributed by atoms with Gasteiger partial charge < -0.3 is 19.9 Å². The SMILES string of the molecule is CCOC(=O)N1CCN(C(=O)C2CC2C(=O)Nc2ccc(F)cc2F)CC1. The summed E-state index contributed by atoms with van der Waals surface area (Å²) >= 11 is 0. The lowest BCUT2D eigenvalue weighted by atomic mass is 10.2. The maximum absolute atomic E-state index is 13.6. The van der Waals surface area contributed by atoms with Gasteiger partial charge in [0.05, 0.1) is 24.1 Å². The Kier molecular flexibility index (Phi) is 5.57. The van der Waals surface area contributed by atoms with E-state index in [1.807, 2.05) is 0 Å². The van der Waals surface area contributed by atoms with Crippen LogP contribution in [0.3, 0.4) is 0 Å². The van der Waals surface area contributed by atoms with Crippen LogP contribution in [0, 0.1) is 23.5 Å². The fourth-order valence-corrected chi connectivity index (χ4v) is 3.13. The Balaban J connectivity index is 1.49. The van der Waals surface area contributed by atoms with Crippen molar-refractivity contribution in [2.45, 2.75) is 13.3 Å². The number of ether oxygens (including phenoxy) is 1. The van der Waals surface area contributed by atoms with Crippen LogP contribution in [-0.4, -0.2) is 60.5 Å². The van der Waals surface area contributed by atoms with Gasteiger partial charge in [-0.3, -0.25) is 9.59 Å². The van der Waals surface area contributed by atoms with Crippen LogP contribution in [0.15, 0.2) is 18.2 Å². The molecule has 2 atom stereocenters. The molecule has 0 radical (unpaired) electrons. The molecule has 1 aromatic rings. The van der Waals surface area contributed by atoms with E-state index < -0.39 is 35.5 Å². The van der Waals surface area contributed by atoms with E-state index in [4.69, 9.17) is 4.74 Å². The van der Waals surface area contributed by atoms with Crippen molar-refractivity contribution in [2.24, 2.45) is 11.8 Å². The minimum Gasteiger partial charge on any atom is -0.450 e. The number of nitrogens with zero attached hydrogens (tertiary/aromatic N) is 2. The van der Waals surface area contributed by atoms with Crippen LogP contribution in [-0.2, 0) is 14.3 Å². The number of carbonyl (C=O) groups excluding carboxylic acids is 3. The highest BCUT2D eigenvalue weighted by Gasteiger charge is 2.50. The number of carbonyl (C=O) groups is 3. The van der Waals surface area contributed by atoms with Crippen molar-refractivity contribution in [3.8, 4) is 0 Å². The van der Waals surface area contributed by atoms with Gasteiger partial charge in [0, 0.05) is 32.2 Å². The van der Waals surface area contributed by atoms with Crippen molar-refractivity contribution in [1.82, 2.24) is 9.80 Å². The van der Waals surface area contributed by atoms with E-state index in [1.165, 1.54) is 0 Å². The highest BCUT2D eigenvalue weighted by Crippen LogP contribution is 2.41. The monoisotopic (exact) mass is 381 g/mol. The summed E-state index contributed by atoms with van der Waals surface area (Å²) in [5.41, 5.74) is -0.109. The van der Waals surface area contributed by atoms with E-state index >= 15 is 0 Å². The maximum Gasteiger partial charge on any atom is 0.409 e. The Morgan fingerprint density at radius 1 is 1.11 bits per heavy atom. The Bertz CT molecular complexity index is 750. The first kappa shape index (κ1) is 19.1. The zero-order chi connectivity index (χ0) is 19.6. The minimum absolute atomic E-state index is 0.109. The third kappa shape index (κ3) is 4.35. The molecule has 1 aromatic carbocycles. The van der Waals surface area contributed by atoms with Gasteiger partial charge in [-0.05, 0) is 25.5 Å². The maximum atomic E-state index is 13.6. The molecule has 0 aromatic heterocycles. The fraction of sp³-hybridized carbons (Fsp3) is 0.500. The van der Waals surface area contributed by atoms with Gasteiger partial charge in [-0.25, -0.2) is 13.6 Å². The van der Waals surface area contributed by atoms with Gasteiger partial charge in [0.2, 0.25) is 11.8 Å². The van der Waals surface area contributed by atoms with Crippen molar-refractivity contribution in [1.29, 1.82) is 0 Å². The van der Waals surface area contributed by atoms with Gasteiger partial charge in [-0.15, -0.1) is 0 Å². The van der Waals surface area contributed by atoms with Crippen LogP contribution >= 0.6 is 0 Å². The summed E-state index contributed by atoms with van der Waals surface area (Å²) in [6, 6.07) is 2.89. The predicted octanol–water partition coefficient (Wildman–Crippen LogP) is 1.84. The summed E-state index contributed by atoms with van der Waals surface area (Å²) in [5, 5.41) is 2.40. The second-order valence-corrected chi connectivity index (χ2v) is 6.57. The summed E-state index contributed by atoms with van der Waals surface area (Å²) in [4.78, 5) is 39.6. The number of benzene rings is 1. The number of hydrogen-bond acceptors (Lipinski definition) is 4. The minimum atomic E-state index is -0.859. The third-order valence-corrected chi connectivity index (χ3v) is 4.75. The van der Waals surface area contributed by atoms with Gasteiger partial charge in [0.1, 0.15) is 11.6 Å². The number of amides is 3. The van der Waals surface area contributed by atoms with E-state index in [1.54, 1.807) is 16.7 Å². The lowest BCUT2D eigenvalue weighted by molar-refractivity contribution is -0.135. The zero-order valence-corrected chi connectivity index (χ0v) is 14.9. The van der Waals surface area contributed by atoms with E-state index in [0.29, 0.717) is 45.3 Å². The quantitative estimate of drug-likeness (QED) is 0.863. The first-order chi connectivity index (χ1) is 12.9. The molecule has 0 bridgehead atoms. The standard InChI is InChI=1S/C18H21F2N3O4/c1-2-27-18(26)23-7-5-22(6-8-23)17(25)13-10-12(13)16(24)21-15-4-3-11(19)9-14(15)20/h3-4,9,12-13H,2,5-8,10H2,1H3,(H,21,24). The molecule has 2 fully saturated rings. The normalized spacial score (nSPS) is 21.6. The molecule has 146 valence electrons. The van der Waals surface area contributed by atoms with Crippen LogP contribution < -0.4 is 5.32 Å². The molecular weight excluding hydrogens is 360 g/mol. The molecule has 1 heterocycles. The van der Waals surface area contributed by atoms with Gasteiger partial charge in [-0.1, -0.05) is 0 Å². The molecule has 2 aliphatic rings. The zero-order valence-electron chi connectivity index (χ0n) is 14.9. The first-order valence-electron chi connectivity index (χ1n) is 8.87. The van der Waals surface area contributed by atoms with E-state index in [0.717, 1.165) is 12.1 Å². The molecule has 1 saturated heterocycles. The molecule has 1 aliphatic carbocycles. The lowest BCUT2D eigenvalue weighted by Crippen LogP contribution is -2.51. The van der Waals surface area contributed by atoms with E-state index in [2.05, 4.69) is 5.32 Å². The molecule has 3 rings (SSSR count). The highest BCUT2D eigenvalue weighted by atomic mass is 19.1. The molecule has 27 heavy (non-hydrogen) atoms. The molecule has 7 nitrogen and oxygen atoms in total. The third-order valence-electron chi connectivity index (χ3n) is 4.75. The molecule has 1 aliphatic heterocycles. The molecule has 0 spiro atoms. The molecule has 2 unspecified atom stereocenters. The Morgan fingerprint density at radius 2 is 1.78 bits per heavy atom. The number of halogens is 2. The van der Waals surface area contributed by atoms with Crippen molar-refractivity contribution in [3.05, 3.63) is 29.8 Å². The summed E-state index contributed by atoms with van der Waals surface area (Å²) in [7, 11) is 0. The summed E-state index contributed by atoms with van der Waals surface area (Å²) in [5.74, 6) is -3.15.